The highest BCUT2D eigenvalue weighted by Gasteiger charge is 2.57. The number of hydrogen-bond donors (Lipinski definition) is 1. The minimum atomic E-state index is -3.81. The summed E-state index contributed by atoms with van der Waals surface area (Å²) in [6.07, 6.45) is 1.27. The average molecular weight is 533 g/mol. The molecule has 1 aromatic heterocycles. The zero-order valence-electron chi connectivity index (χ0n) is 20.9. The molecule has 2 aromatic carbocycles. The molecule has 3 aromatic rings. The van der Waals surface area contributed by atoms with E-state index >= 15 is 8.78 Å². The van der Waals surface area contributed by atoms with Crippen molar-refractivity contribution in [1.29, 1.82) is 0 Å². The van der Waals surface area contributed by atoms with Crippen LogP contribution in [0.1, 0.15) is 67.2 Å². The fourth-order valence-electron chi connectivity index (χ4n) is 5.92. The lowest BCUT2D eigenvalue weighted by atomic mass is 9.55. The molecule has 0 radical (unpaired) electrons. The maximum atomic E-state index is 15.6. The van der Waals surface area contributed by atoms with Crippen LogP contribution in [-0.2, 0) is 22.0 Å². The number of ether oxygens (including phenoxy) is 1. The first-order chi connectivity index (χ1) is 17.5. The first-order valence-corrected chi connectivity index (χ1v) is 13.7. The summed E-state index contributed by atoms with van der Waals surface area (Å²) in [6.45, 7) is 3.12. The third-order valence-corrected chi connectivity index (χ3v) is 10.1. The molecule has 1 saturated carbocycles. The molecule has 1 aliphatic carbocycles. The smallest absolute Gasteiger partial charge is 0.254 e. The van der Waals surface area contributed by atoms with Crippen LogP contribution in [0.2, 0.25) is 0 Å². The van der Waals surface area contributed by atoms with Crippen molar-refractivity contribution >= 4 is 10.0 Å². The Kier molecular flexibility index (Phi) is 6.40. The van der Waals surface area contributed by atoms with Gasteiger partial charge in [-0.25, -0.2) is 17.2 Å². The van der Waals surface area contributed by atoms with Gasteiger partial charge in [0.05, 0.1) is 18.1 Å². The number of aliphatic hydroxyl groups is 1. The van der Waals surface area contributed by atoms with E-state index in [0.717, 1.165) is 12.1 Å². The van der Waals surface area contributed by atoms with Gasteiger partial charge in [-0.15, -0.1) is 0 Å². The van der Waals surface area contributed by atoms with Gasteiger partial charge < -0.3 is 14.4 Å². The number of hydrogen-bond acceptors (Lipinski definition) is 6. The second kappa shape index (κ2) is 9.18. The van der Waals surface area contributed by atoms with E-state index in [0.29, 0.717) is 18.4 Å². The minimum absolute atomic E-state index is 0.0239. The summed E-state index contributed by atoms with van der Waals surface area (Å²) in [5.41, 5.74) is -1.56. The second-order valence-electron chi connectivity index (χ2n) is 10.5. The molecular weight excluding hydrogens is 502 g/mol. The molecule has 1 saturated heterocycles. The van der Waals surface area contributed by atoms with E-state index in [4.69, 9.17) is 9.26 Å². The van der Waals surface area contributed by atoms with Gasteiger partial charge in [-0.1, -0.05) is 30.3 Å². The van der Waals surface area contributed by atoms with Crippen LogP contribution >= 0.6 is 0 Å². The molecule has 10 heteroatoms. The molecule has 37 heavy (non-hydrogen) atoms. The van der Waals surface area contributed by atoms with E-state index in [-0.39, 0.29) is 48.2 Å². The van der Waals surface area contributed by atoms with Gasteiger partial charge in [0.2, 0.25) is 10.0 Å². The highest BCUT2D eigenvalue weighted by Crippen LogP contribution is 2.55. The van der Waals surface area contributed by atoms with Gasteiger partial charge >= 0.3 is 0 Å². The van der Waals surface area contributed by atoms with Crippen LogP contribution in [0.5, 0.6) is 5.88 Å². The Hall–Kier alpha value is -2.82. The first kappa shape index (κ1) is 25.8. The van der Waals surface area contributed by atoms with Crippen molar-refractivity contribution in [2.75, 3.05) is 7.11 Å². The van der Waals surface area contributed by atoms with Gasteiger partial charge in [0.15, 0.2) is 5.76 Å². The van der Waals surface area contributed by atoms with E-state index in [1.165, 1.54) is 17.5 Å². The quantitative estimate of drug-likeness (QED) is 0.488. The van der Waals surface area contributed by atoms with E-state index in [1.807, 2.05) is 6.07 Å². The summed E-state index contributed by atoms with van der Waals surface area (Å²) in [4.78, 5) is 0. The summed E-state index contributed by atoms with van der Waals surface area (Å²) in [6, 6.07) is 12.2. The molecule has 7 nitrogen and oxygen atoms in total. The predicted octanol–water partition coefficient (Wildman–Crippen LogP) is 4.85. The topological polar surface area (TPSA) is 92.9 Å². The Morgan fingerprint density at radius 3 is 2.46 bits per heavy atom. The molecule has 2 atom stereocenters. The first-order valence-electron chi connectivity index (χ1n) is 12.2. The highest BCUT2D eigenvalue weighted by atomic mass is 32.2. The Morgan fingerprint density at radius 1 is 1.14 bits per heavy atom. The number of methoxy groups -OCH3 is 1. The van der Waals surface area contributed by atoms with Crippen molar-refractivity contribution in [3.05, 3.63) is 82.6 Å². The lowest BCUT2D eigenvalue weighted by molar-refractivity contribution is -0.0698. The summed E-state index contributed by atoms with van der Waals surface area (Å²) < 4.78 is 70.0. The lowest BCUT2D eigenvalue weighted by Gasteiger charge is -2.50. The second-order valence-corrected chi connectivity index (χ2v) is 12.6. The molecule has 198 valence electrons. The van der Waals surface area contributed by atoms with Crippen LogP contribution in [-0.4, -0.2) is 41.7 Å². The van der Waals surface area contributed by atoms with Crippen LogP contribution in [0.3, 0.4) is 0 Å². The summed E-state index contributed by atoms with van der Waals surface area (Å²) in [5, 5.41) is 13.5. The van der Waals surface area contributed by atoms with Gasteiger partial charge in [-0.05, 0) is 62.4 Å². The van der Waals surface area contributed by atoms with Gasteiger partial charge in [-0.3, -0.25) is 0 Å². The molecule has 1 N–H and O–H groups in total. The molecule has 0 amide bonds. The maximum absolute atomic E-state index is 15.6. The third kappa shape index (κ3) is 4.45. The Balaban J connectivity index is 1.49. The van der Waals surface area contributed by atoms with Crippen molar-refractivity contribution in [3.8, 4) is 5.88 Å². The zero-order chi connectivity index (χ0) is 26.6. The normalized spacial score (nSPS) is 29.6. The SMILES string of the molecule is COc1cc(C2(c3cc(F)c(CN4[C@@H](C)CC[C@H](c5ccccc5)S4(=O)=O)cc3F)CC(C)(O)C2)on1. The number of nitrogens with zero attached hydrogens (tertiary/aromatic N) is 2. The maximum Gasteiger partial charge on any atom is 0.254 e. The largest absolute Gasteiger partial charge is 0.479 e. The fraction of sp³-hybridized carbons (Fsp3) is 0.444. The Bertz CT molecular complexity index is 1400. The molecule has 0 unspecified atom stereocenters. The summed E-state index contributed by atoms with van der Waals surface area (Å²) >= 11 is 0. The molecule has 2 heterocycles. The van der Waals surface area contributed by atoms with Crippen molar-refractivity contribution in [1.82, 2.24) is 9.46 Å². The van der Waals surface area contributed by atoms with Crippen LogP contribution < -0.4 is 4.74 Å². The average Bonchev–Trinajstić information content (AvgIpc) is 3.32. The van der Waals surface area contributed by atoms with Gasteiger partial charge in [0.25, 0.3) is 5.88 Å². The lowest BCUT2D eigenvalue weighted by Crippen LogP contribution is -2.53. The Morgan fingerprint density at radius 2 is 1.84 bits per heavy atom. The van der Waals surface area contributed by atoms with Crippen LogP contribution in [0.4, 0.5) is 8.78 Å². The van der Waals surface area contributed by atoms with E-state index < -0.39 is 37.9 Å². The van der Waals surface area contributed by atoms with Gasteiger partial charge in [0, 0.05) is 29.8 Å². The summed E-state index contributed by atoms with van der Waals surface area (Å²) in [5.74, 6) is -0.975. The van der Waals surface area contributed by atoms with Crippen molar-refractivity contribution in [2.24, 2.45) is 0 Å². The third-order valence-electron chi connectivity index (χ3n) is 7.71. The Labute approximate surface area is 215 Å². The molecule has 2 fully saturated rings. The van der Waals surface area contributed by atoms with Crippen LogP contribution in [0.15, 0.2) is 53.1 Å². The number of rotatable bonds is 6. The van der Waals surface area contributed by atoms with Crippen molar-refractivity contribution < 1.29 is 31.6 Å². The van der Waals surface area contributed by atoms with Crippen LogP contribution in [0.25, 0.3) is 0 Å². The molecular formula is C27H30F2N2O5S. The van der Waals surface area contributed by atoms with Crippen molar-refractivity contribution in [3.63, 3.8) is 0 Å². The zero-order valence-corrected chi connectivity index (χ0v) is 21.8. The standard InChI is InChI=1S/C27H30F2N2O5S/c1-17-9-10-23(18-7-5-4-6-8-18)37(33,34)31(17)14-19-11-22(29)20(12-21(19)28)27(15-26(2,32)16-27)24-13-25(35-3)30-36-24/h4-8,11-13,17,23,32H,9-10,14-16H2,1-3H3/t17-,23+,26?,27?/m0/s1. The van der Waals surface area contributed by atoms with E-state index in [1.54, 1.807) is 38.1 Å². The number of benzene rings is 2. The van der Waals surface area contributed by atoms with Crippen molar-refractivity contribution in [2.45, 2.75) is 68.4 Å². The van der Waals surface area contributed by atoms with E-state index in [9.17, 15) is 13.5 Å². The predicted molar refractivity (Wildman–Crippen MR) is 132 cm³/mol. The monoisotopic (exact) mass is 532 g/mol. The van der Waals surface area contributed by atoms with Gasteiger partial charge in [-0.2, -0.15) is 4.31 Å². The number of aromatic nitrogens is 1. The molecule has 2 aliphatic rings. The minimum Gasteiger partial charge on any atom is -0.479 e. The molecule has 0 spiro atoms. The van der Waals surface area contributed by atoms with Crippen LogP contribution in [0, 0.1) is 11.6 Å². The fourth-order valence-corrected chi connectivity index (χ4v) is 8.11. The van der Waals surface area contributed by atoms with Gasteiger partial charge in [0.1, 0.15) is 16.9 Å². The highest BCUT2D eigenvalue weighted by molar-refractivity contribution is 7.89. The summed E-state index contributed by atoms with van der Waals surface area (Å²) in [7, 11) is -2.40. The molecule has 5 rings (SSSR count). The number of sulfonamides is 1. The molecule has 0 bridgehead atoms. The van der Waals surface area contributed by atoms with E-state index in [2.05, 4.69) is 5.16 Å². The number of halogens is 2. The molecule has 1 aliphatic heterocycles.